The summed E-state index contributed by atoms with van der Waals surface area (Å²) in [5, 5.41) is 18.6. The van der Waals surface area contributed by atoms with Gasteiger partial charge in [0.25, 0.3) is 0 Å². The highest BCUT2D eigenvalue weighted by atomic mass is 14.4. The van der Waals surface area contributed by atoms with Crippen molar-refractivity contribution in [2.45, 2.75) is 44.9 Å². The molecule has 0 heterocycles. The Bertz CT molecular complexity index is 480. The fraction of sp³-hybridized carbons (Fsp3) is 0.556. The lowest BCUT2D eigenvalue weighted by Gasteiger charge is -2.32. The Morgan fingerprint density at radius 2 is 1.75 bits per heavy atom. The highest BCUT2D eigenvalue weighted by Crippen LogP contribution is 2.39. The molecule has 2 rings (SSSR count). The van der Waals surface area contributed by atoms with E-state index in [2.05, 4.69) is 31.2 Å². The highest BCUT2D eigenvalue weighted by molar-refractivity contribution is 5.25. The van der Waals surface area contributed by atoms with Gasteiger partial charge in [0.15, 0.2) is 0 Å². The molecule has 1 fully saturated rings. The molecule has 0 amide bonds. The summed E-state index contributed by atoms with van der Waals surface area (Å²) in [7, 11) is 0. The Kier molecular flexibility index (Phi) is 5.19. The standard InChI is InChI=1S/C18H22N2/c1-14-7-5-6-10-16(14)11-18(17(12-19)13-20)15-8-3-2-4-9-15/h2-4,8-9,14,16-18H,5-7,10-11H2,1H3/t14-,16-,18?/m1/s1. The average molecular weight is 266 g/mol. The van der Waals surface area contributed by atoms with Gasteiger partial charge in [-0.3, -0.25) is 0 Å². The zero-order chi connectivity index (χ0) is 14.4. The van der Waals surface area contributed by atoms with Crippen molar-refractivity contribution < 1.29 is 0 Å². The third-order valence-electron chi connectivity index (χ3n) is 4.75. The van der Waals surface area contributed by atoms with Gasteiger partial charge in [-0.2, -0.15) is 10.5 Å². The second kappa shape index (κ2) is 7.11. The van der Waals surface area contributed by atoms with E-state index in [9.17, 15) is 10.5 Å². The summed E-state index contributed by atoms with van der Waals surface area (Å²) < 4.78 is 0. The predicted molar refractivity (Wildman–Crippen MR) is 79.6 cm³/mol. The van der Waals surface area contributed by atoms with Gasteiger partial charge in [-0.1, -0.05) is 62.9 Å². The van der Waals surface area contributed by atoms with Crippen LogP contribution in [0.5, 0.6) is 0 Å². The van der Waals surface area contributed by atoms with Gasteiger partial charge in [-0.05, 0) is 23.8 Å². The van der Waals surface area contributed by atoms with Crippen LogP contribution in [0, 0.1) is 40.4 Å². The van der Waals surface area contributed by atoms with E-state index in [4.69, 9.17) is 0 Å². The van der Waals surface area contributed by atoms with E-state index in [0.717, 1.165) is 12.0 Å². The van der Waals surface area contributed by atoms with Crippen LogP contribution in [-0.4, -0.2) is 0 Å². The van der Waals surface area contributed by atoms with Crippen molar-refractivity contribution >= 4 is 0 Å². The molecule has 0 bridgehead atoms. The molecule has 0 radical (unpaired) electrons. The van der Waals surface area contributed by atoms with Gasteiger partial charge in [-0.15, -0.1) is 0 Å². The Hall–Kier alpha value is -1.80. The molecule has 1 aliphatic rings. The van der Waals surface area contributed by atoms with E-state index >= 15 is 0 Å². The van der Waals surface area contributed by atoms with Crippen LogP contribution in [-0.2, 0) is 0 Å². The Balaban J connectivity index is 2.19. The number of benzene rings is 1. The molecule has 20 heavy (non-hydrogen) atoms. The van der Waals surface area contributed by atoms with Crippen molar-refractivity contribution in [2.75, 3.05) is 0 Å². The Morgan fingerprint density at radius 3 is 2.35 bits per heavy atom. The molecule has 1 saturated carbocycles. The van der Waals surface area contributed by atoms with E-state index in [-0.39, 0.29) is 5.92 Å². The Morgan fingerprint density at radius 1 is 1.10 bits per heavy atom. The highest BCUT2D eigenvalue weighted by Gasteiger charge is 2.30. The zero-order valence-electron chi connectivity index (χ0n) is 12.1. The van der Waals surface area contributed by atoms with Crippen molar-refractivity contribution in [1.29, 1.82) is 10.5 Å². The maximum absolute atomic E-state index is 9.28. The minimum atomic E-state index is -0.536. The number of hydrogen-bond acceptors (Lipinski definition) is 2. The number of nitriles is 2. The molecular weight excluding hydrogens is 244 g/mol. The van der Waals surface area contributed by atoms with Gasteiger partial charge in [0.05, 0.1) is 12.1 Å². The van der Waals surface area contributed by atoms with Crippen LogP contribution < -0.4 is 0 Å². The first kappa shape index (κ1) is 14.6. The van der Waals surface area contributed by atoms with Crippen LogP contribution in [0.25, 0.3) is 0 Å². The molecule has 0 aliphatic heterocycles. The van der Waals surface area contributed by atoms with Crippen molar-refractivity contribution in [3.05, 3.63) is 35.9 Å². The summed E-state index contributed by atoms with van der Waals surface area (Å²) in [6.45, 7) is 2.32. The Labute approximate surface area is 122 Å². The fourth-order valence-corrected chi connectivity index (χ4v) is 3.44. The lowest BCUT2D eigenvalue weighted by atomic mass is 9.72. The van der Waals surface area contributed by atoms with Crippen molar-refractivity contribution in [3.8, 4) is 12.1 Å². The molecule has 1 aromatic carbocycles. The van der Waals surface area contributed by atoms with Crippen LogP contribution in [0.3, 0.4) is 0 Å². The van der Waals surface area contributed by atoms with Gasteiger partial charge in [-0.25, -0.2) is 0 Å². The third-order valence-corrected chi connectivity index (χ3v) is 4.75. The van der Waals surface area contributed by atoms with Crippen molar-refractivity contribution in [2.24, 2.45) is 17.8 Å². The quantitative estimate of drug-likeness (QED) is 0.796. The van der Waals surface area contributed by atoms with Crippen LogP contribution in [0.4, 0.5) is 0 Å². The van der Waals surface area contributed by atoms with E-state index in [1.807, 2.05) is 18.2 Å². The van der Waals surface area contributed by atoms with Gasteiger partial charge >= 0.3 is 0 Å². The molecule has 1 aliphatic carbocycles. The average Bonchev–Trinajstić information content (AvgIpc) is 2.50. The summed E-state index contributed by atoms with van der Waals surface area (Å²) in [5.74, 6) is 0.884. The van der Waals surface area contributed by atoms with E-state index in [0.29, 0.717) is 11.8 Å². The predicted octanol–water partition coefficient (Wildman–Crippen LogP) is 4.65. The molecule has 2 heteroatoms. The van der Waals surface area contributed by atoms with Crippen LogP contribution in [0.1, 0.15) is 50.5 Å². The van der Waals surface area contributed by atoms with Gasteiger partial charge < -0.3 is 0 Å². The first-order valence-corrected chi connectivity index (χ1v) is 7.60. The molecule has 1 aromatic rings. The summed E-state index contributed by atoms with van der Waals surface area (Å²) in [5.41, 5.74) is 1.14. The number of hydrogen-bond donors (Lipinski definition) is 0. The monoisotopic (exact) mass is 266 g/mol. The molecule has 0 N–H and O–H groups in total. The smallest absolute Gasteiger partial charge is 0.140 e. The largest absolute Gasteiger partial charge is 0.197 e. The molecule has 1 unspecified atom stereocenters. The van der Waals surface area contributed by atoms with E-state index in [1.165, 1.54) is 25.7 Å². The van der Waals surface area contributed by atoms with Crippen LogP contribution >= 0.6 is 0 Å². The molecule has 2 nitrogen and oxygen atoms in total. The van der Waals surface area contributed by atoms with Crippen LogP contribution in [0.2, 0.25) is 0 Å². The van der Waals surface area contributed by atoms with Crippen LogP contribution in [0.15, 0.2) is 30.3 Å². The fourth-order valence-electron chi connectivity index (χ4n) is 3.44. The lowest BCUT2D eigenvalue weighted by Crippen LogP contribution is -2.22. The van der Waals surface area contributed by atoms with E-state index < -0.39 is 5.92 Å². The molecule has 0 spiro atoms. The second-order valence-corrected chi connectivity index (χ2v) is 6.01. The maximum Gasteiger partial charge on any atom is 0.140 e. The minimum Gasteiger partial charge on any atom is -0.197 e. The second-order valence-electron chi connectivity index (χ2n) is 6.01. The molecular formula is C18H22N2. The van der Waals surface area contributed by atoms with Gasteiger partial charge in [0.2, 0.25) is 0 Å². The van der Waals surface area contributed by atoms with Crippen molar-refractivity contribution in [3.63, 3.8) is 0 Å². The molecule has 104 valence electrons. The summed E-state index contributed by atoms with van der Waals surface area (Å²) in [6, 6.07) is 14.5. The first-order valence-electron chi connectivity index (χ1n) is 7.60. The normalized spacial score (nSPS) is 23.8. The molecule has 3 atom stereocenters. The summed E-state index contributed by atoms with van der Waals surface area (Å²) in [6.07, 6.45) is 6.12. The SMILES string of the molecule is C[C@@H]1CCCC[C@@H]1CC(c1ccccc1)C(C#N)C#N. The minimum absolute atomic E-state index is 0.0525. The molecule has 0 saturated heterocycles. The third kappa shape index (κ3) is 3.40. The summed E-state index contributed by atoms with van der Waals surface area (Å²) in [4.78, 5) is 0. The zero-order valence-corrected chi connectivity index (χ0v) is 12.1. The topological polar surface area (TPSA) is 47.6 Å². The van der Waals surface area contributed by atoms with Crippen molar-refractivity contribution in [1.82, 2.24) is 0 Å². The van der Waals surface area contributed by atoms with Gasteiger partial charge in [0.1, 0.15) is 5.92 Å². The maximum atomic E-state index is 9.28. The number of rotatable bonds is 4. The number of nitrogens with zero attached hydrogens (tertiary/aromatic N) is 2. The first-order chi connectivity index (χ1) is 9.76. The van der Waals surface area contributed by atoms with E-state index in [1.54, 1.807) is 0 Å². The lowest BCUT2D eigenvalue weighted by molar-refractivity contribution is 0.224. The molecule has 0 aromatic heterocycles. The summed E-state index contributed by atoms with van der Waals surface area (Å²) >= 11 is 0. The van der Waals surface area contributed by atoms with Gasteiger partial charge in [0, 0.05) is 5.92 Å².